The lowest BCUT2D eigenvalue weighted by Gasteiger charge is -2.35. The third kappa shape index (κ3) is 6.31. The molecule has 1 saturated heterocycles. The van der Waals surface area contributed by atoms with Gasteiger partial charge in [0.2, 0.25) is 5.91 Å². The number of aromatic nitrogens is 1. The molecule has 0 bridgehead atoms. The molecule has 0 radical (unpaired) electrons. The number of nitro benzene ring substituents is 1. The number of halogens is 1. The lowest BCUT2D eigenvalue weighted by Crippen LogP contribution is -2.49. The summed E-state index contributed by atoms with van der Waals surface area (Å²) in [5.74, 6) is -0.0930. The molecule has 2 heterocycles. The first-order valence-corrected chi connectivity index (χ1v) is 11.8. The minimum absolute atomic E-state index is 0.0163. The molecule has 1 aliphatic heterocycles. The van der Waals surface area contributed by atoms with E-state index in [1.165, 1.54) is 29.2 Å². The van der Waals surface area contributed by atoms with Gasteiger partial charge in [0.25, 0.3) is 5.69 Å². The monoisotopic (exact) mass is 484 g/mol. The Morgan fingerprint density at radius 2 is 2.06 bits per heavy atom. The second kappa shape index (κ2) is 10.8. The van der Waals surface area contributed by atoms with Crippen LogP contribution in [0.3, 0.4) is 0 Å². The molecule has 0 aliphatic carbocycles. The molecular formula is C19H21ClN4O5S2. The van der Waals surface area contributed by atoms with E-state index in [1.807, 2.05) is 4.90 Å². The molecule has 0 atom stereocenters. The van der Waals surface area contributed by atoms with Crippen molar-refractivity contribution in [2.45, 2.75) is 17.7 Å². The van der Waals surface area contributed by atoms with Crippen molar-refractivity contribution in [2.75, 3.05) is 43.4 Å². The molecular weight excluding hydrogens is 464 g/mol. The van der Waals surface area contributed by atoms with E-state index in [0.717, 1.165) is 4.34 Å². The highest BCUT2D eigenvalue weighted by Gasteiger charge is 2.26. The third-order valence-electron chi connectivity index (χ3n) is 4.59. The summed E-state index contributed by atoms with van der Waals surface area (Å²) in [4.78, 5) is 43.0. The molecule has 1 aromatic carbocycles. The topological polar surface area (TPSA) is 106 Å². The number of ether oxygens (including phenoxy) is 1. The Morgan fingerprint density at radius 1 is 1.32 bits per heavy atom. The zero-order chi connectivity index (χ0) is 22.4. The van der Waals surface area contributed by atoms with Gasteiger partial charge in [0.05, 0.1) is 29.4 Å². The summed E-state index contributed by atoms with van der Waals surface area (Å²) in [5.41, 5.74) is 1.11. The molecule has 1 amide bonds. The van der Waals surface area contributed by atoms with Crippen LogP contribution in [-0.2, 0) is 20.7 Å². The van der Waals surface area contributed by atoms with Gasteiger partial charge in [0, 0.05) is 42.6 Å². The van der Waals surface area contributed by atoms with E-state index in [-0.39, 0.29) is 29.7 Å². The number of hydrogen-bond donors (Lipinski definition) is 0. The number of thioether (sulfide) groups is 1. The lowest BCUT2D eigenvalue weighted by molar-refractivity contribution is -0.384. The highest BCUT2D eigenvalue weighted by molar-refractivity contribution is 8.01. The van der Waals surface area contributed by atoms with Crippen LogP contribution in [-0.4, -0.2) is 65.2 Å². The van der Waals surface area contributed by atoms with E-state index in [9.17, 15) is 19.7 Å². The Morgan fingerprint density at radius 3 is 2.74 bits per heavy atom. The summed E-state index contributed by atoms with van der Waals surface area (Å²) in [6.07, 6.45) is 0.123. The first kappa shape index (κ1) is 23.3. The van der Waals surface area contributed by atoms with Crippen LogP contribution in [0.4, 0.5) is 11.4 Å². The number of thiazole rings is 1. The van der Waals surface area contributed by atoms with Crippen LogP contribution >= 0.6 is 34.7 Å². The van der Waals surface area contributed by atoms with E-state index in [4.69, 9.17) is 16.3 Å². The molecule has 1 aliphatic rings. The van der Waals surface area contributed by atoms with Crippen LogP contribution in [0.5, 0.6) is 0 Å². The molecule has 9 nitrogen and oxygen atoms in total. The van der Waals surface area contributed by atoms with Gasteiger partial charge in [0.1, 0.15) is 5.69 Å². The van der Waals surface area contributed by atoms with Gasteiger partial charge in [-0.05, 0) is 19.1 Å². The van der Waals surface area contributed by atoms with Crippen molar-refractivity contribution in [3.05, 3.63) is 44.4 Å². The first-order valence-electron chi connectivity index (χ1n) is 9.57. The molecule has 0 spiro atoms. The largest absolute Gasteiger partial charge is 0.466 e. The molecule has 12 heteroatoms. The van der Waals surface area contributed by atoms with Gasteiger partial charge in [-0.3, -0.25) is 19.7 Å². The number of nitro groups is 1. The molecule has 166 valence electrons. The number of esters is 1. The van der Waals surface area contributed by atoms with Crippen LogP contribution in [0.2, 0.25) is 5.02 Å². The van der Waals surface area contributed by atoms with Crippen molar-refractivity contribution >= 4 is 58.0 Å². The summed E-state index contributed by atoms with van der Waals surface area (Å²) >= 11 is 8.61. The number of hydrogen-bond acceptors (Lipinski definition) is 9. The second-order valence-corrected chi connectivity index (χ2v) is 9.15. The number of rotatable bonds is 8. The Hall–Kier alpha value is -2.37. The molecule has 31 heavy (non-hydrogen) atoms. The zero-order valence-corrected chi connectivity index (χ0v) is 19.2. The van der Waals surface area contributed by atoms with Crippen molar-refractivity contribution in [1.82, 2.24) is 9.88 Å². The Balaban J connectivity index is 1.49. The number of carbonyl (C=O) groups is 2. The van der Waals surface area contributed by atoms with Gasteiger partial charge >= 0.3 is 5.97 Å². The van der Waals surface area contributed by atoms with E-state index in [2.05, 4.69) is 4.98 Å². The molecule has 2 aromatic rings. The van der Waals surface area contributed by atoms with E-state index in [0.29, 0.717) is 49.2 Å². The highest BCUT2D eigenvalue weighted by Crippen LogP contribution is 2.32. The molecule has 0 unspecified atom stereocenters. The Labute approximate surface area is 192 Å². The van der Waals surface area contributed by atoms with Crippen molar-refractivity contribution in [1.29, 1.82) is 0 Å². The van der Waals surface area contributed by atoms with Crippen molar-refractivity contribution in [3.63, 3.8) is 0 Å². The summed E-state index contributed by atoms with van der Waals surface area (Å²) in [6.45, 7) is 4.04. The number of anilines is 1. The van der Waals surface area contributed by atoms with Gasteiger partial charge in [-0.2, -0.15) is 0 Å². The maximum Gasteiger partial charge on any atom is 0.311 e. The normalized spacial score (nSPS) is 13.9. The fourth-order valence-corrected chi connectivity index (χ4v) is 5.03. The number of benzene rings is 1. The lowest BCUT2D eigenvalue weighted by atomic mass is 10.2. The Kier molecular flexibility index (Phi) is 8.10. The number of piperazine rings is 1. The van der Waals surface area contributed by atoms with Gasteiger partial charge < -0.3 is 14.5 Å². The molecule has 0 N–H and O–H groups in total. The van der Waals surface area contributed by atoms with Crippen LogP contribution in [0.25, 0.3) is 0 Å². The van der Waals surface area contributed by atoms with E-state index >= 15 is 0 Å². The predicted molar refractivity (Wildman–Crippen MR) is 120 cm³/mol. The number of amides is 1. The average Bonchev–Trinajstić information content (AvgIpc) is 3.19. The molecule has 1 fully saturated rings. The van der Waals surface area contributed by atoms with Gasteiger partial charge in [0.15, 0.2) is 4.34 Å². The van der Waals surface area contributed by atoms with Crippen molar-refractivity contribution in [2.24, 2.45) is 0 Å². The van der Waals surface area contributed by atoms with Crippen LogP contribution in [0, 0.1) is 10.1 Å². The first-order chi connectivity index (χ1) is 14.9. The third-order valence-corrected chi connectivity index (χ3v) is 6.88. The SMILES string of the molecule is CCOC(=O)Cc1csc(SCC(=O)N2CCN(c3ccc(Cl)cc3[N+](=O)[O-])CC2)n1. The second-order valence-electron chi connectivity index (χ2n) is 6.63. The number of carbonyl (C=O) groups excluding carboxylic acids is 2. The average molecular weight is 485 g/mol. The van der Waals surface area contributed by atoms with Crippen LogP contribution < -0.4 is 4.90 Å². The summed E-state index contributed by atoms with van der Waals surface area (Å²) in [6, 6.07) is 4.61. The standard InChI is InChI=1S/C19H21ClN4O5S2/c1-2-29-18(26)10-14-11-30-19(21-14)31-12-17(25)23-7-5-22(6-8-23)15-4-3-13(20)9-16(15)24(27)28/h3-4,9,11H,2,5-8,10,12H2,1H3. The highest BCUT2D eigenvalue weighted by atomic mass is 35.5. The van der Waals surface area contributed by atoms with E-state index < -0.39 is 4.92 Å². The van der Waals surface area contributed by atoms with Crippen molar-refractivity contribution < 1.29 is 19.2 Å². The minimum atomic E-state index is -0.445. The summed E-state index contributed by atoms with van der Waals surface area (Å²) in [7, 11) is 0. The van der Waals surface area contributed by atoms with Gasteiger partial charge in [-0.15, -0.1) is 11.3 Å². The van der Waals surface area contributed by atoms with Crippen molar-refractivity contribution in [3.8, 4) is 0 Å². The van der Waals surface area contributed by atoms with Crippen LogP contribution in [0.1, 0.15) is 12.6 Å². The minimum Gasteiger partial charge on any atom is -0.466 e. The van der Waals surface area contributed by atoms with E-state index in [1.54, 1.807) is 29.3 Å². The predicted octanol–water partition coefficient (Wildman–Crippen LogP) is 3.25. The fraction of sp³-hybridized carbons (Fsp3) is 0.421. The quantitative estimate of drug-likeness (QED) is 0.243. The summed E-state index contributed by atoms with van der Waals surface area (Å²) < 4.78 is 5.63. The number of nitrogens with zero attached hydrogens (tertiary/aromatic N) is 4. The zero-order valence-electron chi connectivity index (χ0n) is 16.8. The maximum atomic E-state index is 12.6. The fourth-order valence-electron chi connectivity index (χ4n) is 3.12. The maximum absolute atomic E-state index is 12.6. The van der Waals surface area contributed by atoms with Gasteiger partial charge in [-0.25, -0.2) is 4.98 Å². The molecule has 1 aromatic heterocycles. The summed E-state index contributed by atoms with van der Waals surface area (Å²) in [5, 5.41) is 13.4. The smallest absolute Gasteiger partial charge is 0.311 e. The van der Waals surface area contributed by atoms with Gasteiger partial charge in [-0.1, -0.05) is 23.4 Å². The molecule has 3 rings (SSSR count). The van der Waals surface area contributed by atoms with Crippen LogP contribution in [0.15, 0.2) is 27.9 Å². The Bertz CT molecular complexity index is 963. The molecule has 0 saturated carbocycles.